The van der Waals surface area contributed by atoms with Crippen LogP contribution in [0.5, 0.6) is 5.75 Å². The smallest absolute Gasteiger partial charge is 0.328 e. The first kappa shape index (κ1) is 19.9. The van der Waals surface area contributed by atoms with E-state index in [4.69, 9.17) is 4.74 Å². The maximum atomic E-state index is 12.5. The number of carbonyl (C=O) groups is 2. The molecule has 9 heteroatoms. The van der Waals surface area contributed by atoms with Gasteiger partial charge in [-0.2, -0.15) is 0 Å². The van der Waals surface area contributed by atoms with Crippen molar-refractivity contribution in [2.24, 2.45) is 0 Å². The van der Waals surface area contributed by atoms with Crippen LogP contribution in [0.1, 0.15) is 13.3 Å². The van der Waals surface area contributed by atoms with Gasteiger partial charge in [-0.05, 0) is 30.3 Å². The summed E-state index contributed by atoms with van der Waals surface area (Å²) in [7, 11) is 1.47. The minimum atomic E-state index is -0.577. The Morgan fingerprint density at radius 3 is 2.59 bits per heavy atom. The van der Waals surface area contributed by atoms with Crippen LogP contribution in [0.2, 0.25) is 0 Å². The average Bonchev–Trinajstić information content (AvgIpc) is 2.67. The molecule has 29 heavy (non-hydrogen) atoms. The molecule has 9 nitrogen and oxygen atoms in total. The quantitative estimate of drug-likeness (QED) is 0.585. The number of rotatable bonds is 6. The predicted octanol–water partition coefficient (Wildman–Crippen LogP) is 1.69. The summed E-state index contributed by atoms with van der Waals surface area (Å²) in [5.41, 5.74) is 0.315. The van der Waals surface area contributed by atoms with Crippen LogP contribution in [0.4, 0.5) is 11.4 Å². The van der Waals surface area contributed by atoms with Crippen LogP contribution in [-0.4, -0.2) is 28.5 Å². The Balaban J connectivity index is 1.79. The Bertz CT molecular complexity index is 1200. The molecular weight excluding hydrogens is 376 g/mol. The molecule has 0 bridgehead atoms. The number of amides is 2. The highest BCUT2D eigenvalue weighted by molar-refractivity contribution is 5.95. The van der Waals surface area contributed by atoms with Crippen molar-refractivity contribution in [3.05, 3.63) is 63.3 Å². The number of aryl methyl sites for hydroxylation is 1. The fourth-order valence-corrected chi connectivity index (χ4v) is 2.98. The fourth-order valence-electron chi connectivity index (χ4n) is 2.98. The molecule has 2 amide bonds. The molecule has 1 heterocycles. The average molecular weight is 396 g/mol. The highest BCUT2D eigenvalue weighted by atomic mass is 16.5. The number of nitrogens with one attached hydrogen (secondary N) is 3. The van der Waals surface area contributed by atoms with Gasteiger partial charge in [0.15, 0.2) is 0 Å². The van der Waals surface area contributed by atoms with Gasteiger partial charge in [-0.3, -0.25) is 23.9 Å². The number of para-hydroxylation sites is 1. The number of methoxy groups -OCH3 is 1. The minimum Gasteiger partial charge on any atom is -0.495 e. The second-order valence-corrected chi connectivity index (χ2v) is 6.32. The Kier molecular flexibility index (Phi) is 5.77. The largest absolute Gasteiger partial charge is 0.495 e. The molecule has 0 radical (unpaired) electrons. The van der Waals surface area contributed by atoms with Crippen LogP contribution in [0, 0.1) is 0 Å². The Morgan fingerprint density at radius 1 is 1.10 bits per heavy atom. The van der Waals surface area contributed by atoms with Gasteiger partial charge in [-0.1, -0.05) is 12.1 Å². The molecule has 0 aliphatic carbocycles. The van der Waals surface area contributed by atoms with E-state index < -0.39 is 11.2 Å². The van der Waals surface area contributed by atoms with E-state index in [1.54, 1.807) is 42.5 Å². The van der Waals surface area contributed by atoms with Gasteiger partial charge < -0.3 is 15.4 Å². The van der Waals surface area contributed by atoms with E-state index >= 15 is 0 Å². The number of benzene rings is 2. The zero-order chi connectivity index (χ0) is 21.0. The van der Waals surface area contributed by atoms with Crippen molar-refractivity contribution in [1.82, 2.24) is 9.55 Å². The maximum Gasteiger partial charge on any atom is 0.328 e. The second-order valence-electron chi connectivity index (χ2n) is 6.32. The summed E-state index contributed by atoms with van der Waals surface area (Å²) < 4.78 is 6.59. The summed E-state index contributed by atoms with van der Waals surface area (Å²) in [5.74, 6) is -0.165. The van der Waals surface area contributed by atoms with Gasteiger partial charge in [0, 0.05) is 25.6 Å². The van der Waals surface area contributed by atoms with Gasteiger partial charge in [0.25, 0.3) is 5.56 Å². The summed E-state index contributed by atoms with van der Waals surface area (Å²) in [6, 6.07) is 11.6. The molecule has 3 N–H and O–H groups in total. The number of H-pyrrole nitrogens is 1. The van der Waals surface area contributed by atoms with Crippen molar-refractivity contribution in [3.63, 3.8) is 0 Å². The number of hydrogen-bond donors (Lipinski definition) is 3. The molecule has 0 unspecified atom stereocenters. The Labute approximate surface area is 165 Å². The van der Waals surface area contributed by atoms with Gasteiger partial charge in [-0.15, -0.1) is 0 Å². The second kappa shape index (κ2) is 8.42. The lowest BCUT2D eigenvalue weighted by molar-refractivity contribution is -0.116. The van der Waals surface area contributed by atoms with E-state index in [0.29, 0.717) is 28.0 Å². The lowest BCUT2D eigenvalue weighted by Crippen LogP contribution is -2.31. The van der Waals surface area contributed by atoms with Gasteiger partial charge in [0.1, 0.15) is 5.75 Å². The first-order valence-corrected chi connectivity index (χ1v) is 8.86. The molecule has 1 aromatic heterocycles. The summed E-state index contributed by atoms with van der Waals surface area (Å²) in [5, 5.41) is 5.73. The van der Waals surface area contributed by atoms with Crippen LogP contribution >= 0.6 is 0 Å². The topological polar surface area (TPSA) is 122 Å². The van der Waals surface area contributed by atoms with E-state index in [-0.39, 0.29) is 24.8 Å². The lowest BCUT2D eigenvalue weighted by Gasteiger charge is -2.13. The van der Waals surface area contributed by atoms with Crippen molar-refractivity contribution in [2.45, 2.75) is 19.9 Å². The number of aromatic amines is 1. The van der Waals surface area contributed by atoms with E-state index in [0.717, 1.165) is 0 Å². The molecule has 0 spiro atoms. The highest BCUT2D eigenvalue weighted by Gasteiger charge is 2.12. The van der Waals surface area contributed by atoms with E-state index in [9.17, 15) is 19.2 Å². The van der Waals surface area contributed by atoms with Crippen molar-refractivity contribution in [2.75, 3.05) is 17.7 Å². The number of hydrogen-bond acceptors (Lipinski definition) is 5. The molecule has 150 valence electrons. The molecule has 0 aliphatic rings. The normalized spacial score (nSPS) is 10.6. The molecule has 2 aromatic carbocycles. The summed E-state index contributed by atoms with van der Waals surface area (Å²) in [6.45, 7) is 1.46. The van der Waals surface area contributed by atoms with Crippen molar-refractivity contribution in [3.8, 4) is 5.75 Å². The third kappa shape index (κ3) is 4.52. The molecule has 3 aromatic rings. The number of fused-ring (bicyclic) bond motifs is 1. The summed E-state index contributed by atoms with van der Waals surface area (Å²) in [6.07, 6.45) is -0.0105. The van der Waals surface area contributed by atoms with Crippen molar-refractivity contribution >= 4 is 34.1 Å². The van der Waals surface area contributed by atoms with Gasteiger partial charge >= 0.3 is 5.69 Å². The third-order valence-corrected chi connectivity index (χ3v) is 4.26. The van der Waals surface area contributed by atoms with E-state index in [1.807, 2.05) is 0 Å². The molecule has 0 atom stereocenters. The molecule has 0 saturated carbocycles. The zero-order valence-electron chi connectivity index (χ0n) is 15.9. The van der Waals surface area contributed by atoms with Gasteiger partial charge in [-0.25, -0.2) is 4.79 Å². The van der Waals surface area contributed by atoms with Crippen molar-refractivity contribution in [1.29, 1.82) is 0 Å². The van der Waals surface area contributed by atoms with Crippen LogP contribution in [-0.2, 0) is 16.1 Å². The van der Waals surface area contributed by atoms with Crippen molar-refractivity contribution < 1.29 is 14.3 Å². The predicted molar refractivity (Wildman–Crippen MR) is 109 cm³/mol. The van der Waals surface area contributed by atoms with Crippen LogP contribution < -0.4 is 26.6 Å². The first-order chi connectivity index (χ1) is 13.9. The van der Waals surface area contributed by atoms with Crippen LogP contribution in [0.3, 0.4) is 0 Å². The number of aromatic nitrogens is 2. The molecule has 0 fully saturated rings. The monoisotopic (exact) mass is 396 g/mol. The summed E-state index contributed by atoms with van der Waals surface area (Å²) >= 11 is 0. The highest BCUT2D eigenvalue weighted by Crippen LogP contribution is 2.28. The Hall–Kier alpha value is -3.88. The minimum absolute atomic E-state index is 0.0105. The number of carbonyl (C=O) groups excluding carboxylic acids is 2. The first-order valence-electron chi connectivity index (χ1n) is 8.86. The van der Waals surface area contributed by atoms with Crippen LogP contribution in [0.15, 0.2) is 52.1 Å². The third-order valence-electron chi connectivity index (χ3n) is 4.26. The van der Waals surface area contributed by atoms with E-state index in [1.165, 1.54) is 18.6 Å². The number of ether oxygens (including phenoxy) is 1. The van der Waals surface area contributed by atoms with Crippen LogP contribution in [0.25, 0.3) is 10.9 Å². The molecular formula is C20H20N4O5. The SMILES string of the molecule is COc1ccc(NC(C)=O)cc1NC(=O)CCn1c(=O)[nH]c(=O)c2ccccc21. The Morgan fingerprint density at radius 2 is 1.86 bits per heavy atom. The summed E-state index contributed by atoms with van der Waals surface area (Å²) in [4.78, 5) is 50.1. The van der Waals surface area contributed by atoms with Gasteiger partial charge in [0.2, 0.25) is 11.8 Å². The van der Waals surface area contributed by atoms with E-state index in [2.05, 4.69) is 15.6 Å². The van der Waals surface area contributed by atoms with Gasteiger partial charge in [0.05, 0.1) is 23.7 Å². The number of nitrogens with zero attached hydrogens (tertiary/aromatic N) is 1. The number of anilines is 2. The standard InChI is InChI=1S/C20H20N4O5/c1-12(25)21-13-7-8-17(29-2)15(11-13)22-18(26)9-10-24-16-6-4-3-5-14(16)19(27)23-20(24)28/h3-8,11H,9-10H2,1-2H3,(H,21,25)(H,22,26)(H,23,27,28). The zero-order valence-corrected chi connectivity index (χ0v) is 15.9. The fraction of sp³-hybridized carbons (Fsp3) is 0.200. The molecule has 0 saturated heterocycles. The lowest BCUT2D eigenvalue weighted by atomic mass is 10.2. The molecule has 0 aliphatic heterocycles. The maximum absolute atomic E-state index is 12.5. The molecule has 3 rings (SSSR count).